The Morgan fingerprint density at radius 2 is 1.48 bits per heavy atom. The zero-order valence-electron chi connectivity index (χ0n) is 15.1. The molecule has 0 amide bonds. The summed E-state index contributed by atoms with van der Waals surface area (Å²) in [5.74, 6) is 1.19. The van der Waals surface area contributed by atoms with Crippen LogP contribution < -0.4 is 15.6 Å². The largest absolute Gasteiger partial charge is 0.497 e. The zero-order valence-corrected chi connectivity index (χ0v) is 15.1. The fraction of sp³-hybridized carbons (Fsp3) is 0.150. The van der Waals surface area contributed by atoms with E-state index in [-0.39, 0.29) is 11.5 Å². The lowest BCUT2D eigenvalue weighted by molar-refractivity contribution is 0.415. The van der Waals surface area contributed by atoms with Crippen LogP contribution in [0.2, 0.25) is 0 Å². The number of fused-ring (bicyclic) bond motifs is 2. The predicted molar refractivity (Wildman–Crippen MR) is 105 cm³/mol. The van der Waals surface area contributed by atoms with Crippen LogP contribution >= 0.6 is 0 Å². The molecule has 0 saturated heterocycles. The number of hydrogen-bond acceptors (Lipinski definition) is 7. The van der Waals surface area contributed by atoms with E-state index in [9.17, 15) is 4.79 Å². The van der Waals surface area contributed by atoms with Crippen LogP contribution in [0.5, 0.6) is 5.75 Å². The normalized spacial score (nSPS) is 10.9. The highest BCUT2D eigenvalue weighted by Gasteiger charge is 2.09. The molecule has 4 aromatic rings. The van der Waals surface area contributed by atoms with E-state index in [0.717, 1.165) is 22.0 Å². The summed E-state index contributed by atoms with van der Waals surface area (Å²) in [4.78, 5) is 29.9. The van der Waals surface area contributed by atoms with E-state index in [0.29, 0.717) is 22.8 Å². The summed E-state index contributed by atoms with van der Waals surface area (Å²) in [5, 5.41) is 5.18. The number of nitrogens with zero attached hydrogens (tertiary/aromatic N) is 4. The molecule has 0 aliphatic rings. The first-order chi connectivity index (χ1) is 13.0. The van der Waals surface area contributed by atoms with E-state index in [1.54, 1.807) is 19.2 Å². The highest BCUT2D eigenvalue weighted by molar-refractivity contribution is 5.84. The van der Waals surface area contributed by atoms with E-state index in [4.69, 9.17) is 4.74 Å². The van der Waals surface area contributed by atoms with Crippen LogP contribution in [0.15, 0.2) is 47.3 Å². The number of anilines is 2. The van der Waals surface area contributed by atoms with E-state index < -0.39 is 0 Å². The average molecular weight is 359 g/mol. The molecule has 4 rings (SSSR count). The summed E-state index contributed by atoms with van der Waals surface area (Å²) in [6, 6.07) is 12.9. The molecular formula is C20H17N5O2. The summed E-state index contributed by atoms with van der Waals surface area (Å²) in [5.41, 5.74) is 1.87. The Bertz CT molecular complexity index is 1240. The second kappa shape index (κ2) is 6.60. The molecule has 2 heterocycles. The quantitative estimate of drug-likeness (QED) is 0.600. The smallest absolute Gasteiger partial charge is 0.280 e. The molecule has 7 nitrogen and oxygen atoms in total. The van der Waals surface area contributed by atoms with Crippen molar-refractivity contribution in [2.24, 2.45) is 0 Å². The molecule has 0 atom stereocenters. The molecule has 134 valence electrons. The van der Waals surface area contributed by atoms with Gasteiger partial charge >= 0.3 is 0 Å². The third-order valence-corrected chi connectivity index (χ3v) is 4.35. The Hall–Kier alpha value is -3.61. The Balaban J connectivity index is 1.83. The minimum absolute atomic E-state index is 0.162. The first-order valence-corrected chi connectivity index (χ1v) is 8.42. The molecule has 1 N–H and O–H groups in total. The van der Waals surface area contributed by atoms with Crippen LogP contribution in [0, 0.1) is 13.8 Å². The van der Waals surface area contributed by atoms with Gasteiger partial charge in [0.15, 0.2) is 0 Å². The molecule has 2 aromatic heterocycles. The van der Waals surface area contributed by atoms with E-state index in [1.807, 2.05) is 44.2 Å². The van der Waals surface area contributed by atoms with Crippen LogP contribution in [-0.4, -0.2) is 27.0 Å². The molecule has 0 bridgehead atoms. The topological polar surface area (TPSA) is 89.9 Å². The second-order valence-electron chi connectivity index (χ2n) is 6.12. The first kappa shape index (κ1) is 16.8. The number of hydrogen-bond donors (Lipinski definition) is 1. The molecule has 7 heteroatoms. The Morgan fingerprint density at radius 3 is 2.22 bits per heavy atom. The van der Waals surface area contributed by atoms with Gasteiger partial charge in [0.25, 0.3) is 5.56 Å². The molecule has 27 heavy (non-hydrogen) atoms. The number of benzene rings is 2. The van der Waals surface area contributed by atoms with Crippen LogP contribution in [0.4, 0.5) is 11.9 Å². The van der Waals surface area contributed by atoms with Crippen molar-refractivity contribution in [1.82, 2.24) is 19.9 Å². The van der Waals surface area contributed by atoms with Gasteiger partial charge in [0, 0.05) is 22.5 Å². The minimum atomic E-state index is -0.354. The van der Waals surface area contributed by atoms with Gasteiger partial charge in [0.05, 0.1) is 23.7 Å². The highest BCUT2D eigenvalue weighted by atomic mass is 16.5. The van der Waals surface area contributed by atoms with Crippen LogP contribution in [0.1, 0.15) is 11.4 Å². The number of aryl methyl sites for hydroxylation is 2. The van der Waals surface area contributed by atoms with Crippen molar-refractivity contribution in [2.45, 2.75) is 13.8 Å². The SMILES string of the molecule is COc1ccc2c(C)nc(Nc3nc(C)c4ccccc4c(=O)n3)nc2c1. The molecule has 0 radical (unpaired) electrons. The van der Waals surface area contributed by atoms with Gasteiger partial charge in [-0.2, -0.15) is 4.98 Å². The highest BCUT2D eigenvalue weighted by Crippen LogP contribution is 2.23. The maximum Gasteiger partial charge on any atom is 0.280 e. The average Bonchev–Trinajstić information content (AvgIpc) is 2.78. The lowest BCUT2D eigenvalue weighted by Crippen LogP contribution is -2.07. The Kier molecular flexibility index (Phi) is 4.12. The predicted octanol–water partition coefficient (Wildman–Crippen LogP) is 3.30. The van der Waals surface area contributed by atoms with Crippen LogP contribution in [-0.2, 0) is 0 Å². The van der Waals surface area contributed by atoms with Gasteiger partial charge in [-0.15, -0.1) is 0 Å². The monoisotopic (exact) mass is 359 g/mol. The molecule has 0 aliphatic heterocycles. The summed E-state index contributed by atoms with van der Waals surface area (Å²) in [7, 11) is 1.61. The lowest BCUT2D eigenvalue weighted by Gasteiger charge is -2.07. The molecular weight excluding hydrogens is 342 g/mol. The van der Waals surface area contributed by atoms with Crippen molar-refractivity contribution in [3.8, 4) is 5.75 Å². The molecule has 0 fully saturated rings. The minimum Gasteiger partial charge on any atom is -0.497 e. The number of ether oxygens (including phenoxy) is 1. The fourth-order valence-electron chi connectivity index (χ4n) is 2.99. The molecule has 2 aromatic carbocycles. The molecule has 0 spiro atoms. The third kappa shape index (κ3) is 3.15. The molecule has 0 aliphatic carbocycles. The zero-order chi connectivity index (χ0) is 19.0. The number of methoxy groups -OCH3 is 1. The van der Waals surface area contributed by atoms with Crippen molar-refractivity contribution < 1.29 is 4.74 Å². The van der Waals surface area contributed by atoms with E-state index >= 15 is 0 Å². The van der Waals surface area contributed by atoms with Crippen molar-refractivity contribution in [3.05, 3.63) is 64.2 Å². The number of aromatic nitrogens is 4. The summed E-state index contributed by atoms with van der Waals surface area (Å²) in [6.07, 6.45) is 0. The first-order valence-electron chi connectivity index (χ1n) is 8.42. The number of nitrogens with one attached hydrogen (secondary N) is 1. The van der Waals surface area contributed by atoms with Gasteiger partial charge in [0.2, 0.25) is 11.9 Å². The van der Waals surface area contributed by atoms with Gasteiger partial charge in [-0.25, -0.2) is 15.0 Å². The van der Waals surface area contributed by atoms with Gasteiger partial charge in [0.1, 0.15) is 5.75 Å². The van der Waals surface area contributed by atoms with Crippen molar-refractivity contribution >= 4 is 33.6 Å². The number of rotatable bonds is 3. The van der Waals surface area contributed by atoms with Crippen molar-refractivity contribution in [3.63, 3.8) is 0 Å². The summed E-state index contributed by atoms with van der Waals surface area (Å²) >= 11 is 0. The third-order valence-electron chi connectivity index (χ3n) is 4.35. The van der Waals surface area contributed by atoms with Gasteiger partial charge in [-0.3, -0.25) is 10.1 Å². The second-order valence-corrected chi connectivity index (χ2v) is 6.12. The Labute approximate surface area is 155 Å². The standard InChI is InChI=1S/C20H17N5O2/c1-11-14-6-4-5-7-16(14)18(26)24-20(21-11)25-19-22-12(2)15-9-8-13(27-3)10-17(15)23-19/h4-10H,1-3H3,(H,22,23,24,25,26). The fourth-order valence-corrected chi connectivity index (χ4v) is 2.99. The maximum absolute atomic E-state index is 12.5. The van der Waals surface area contributed by atoms with Gasteiger partial charge in [-0.05, 0) is 32.0 Å². The lowest BCUT2D eigenvalue weighted by atomic mass is 10.1. The van der Waals surface area contributed by atoms with Gasteiger partial charge in [-0.1, -0.05) is 18.2 Å². The Morgan fingerprint density at radius 1 is 0.815 bits per heavy atom. The summed E-state index contributed by atoms with van der Waals surface area (Å²) in [6.45, 7) is 3.73. The molecule has 0 unspecified atom stereocenters. The van der Waals surface area contributed by atoms with Gasteiger partial charge < -0.3 is 4.74 Å². The van der Waals surface area contributed by atoms with E-state index in [2.05, 4.69) is 25.3 Å². The molecule has 0 saturated carbocycles. The van der Waals surface area contributed by atoms with E-state index in [1.165, 1.54) is 0 Å². The summed E-state index contributed by atoms with van der Waals surface area (Å²) < 4.78 is 5.26. The van der Waals surface area contributed by atoms with Crippen LogP contribution in [0.3, 0.4) is 0 Å². The van der Waals surface area contributed by atoms with Crippen molar-refractivity contribution in [2.75, 3.05) is 12.4 Å². The van der Waals surface area contributed by atoms with Crippen molar-refractivity contribution in [1.29, 1.82) is 0 Å². The maximum atomic E-state index is 12.5. The van der Waals surface area contributed by atoms with Crippen LogP contribution in [0.25, 0.3) is 21.7 Å².